The van der Waals surface area contributed by atoms with E-state index in [1.54, 1.807) is 31.4 Å². The number of thiophene rings is 1. The highest BCUT2D eigenvalue weighted by molar-refractivity contribution is 7.15. The zero-order valence-electron chi connectivity index (χ0n) is 16.7. The molecule has 1 atom stereocenters. The number of methoxy groups -OCH3 is 1. The fraction of sp³-hybridized carbons (Fsp3) is 0.174. The van der Waals surface area contributed by atoms with Gasteiger partial charge in [0.2, 0.25) is 11.8 Å². The van der Waals surface area contributed by atoms with Gasteiger partial charge < -0.3 is 20.5 Å². The largest absolute Gasteiger partial charge is 0.497 e. The number of carboxylic acid groups (broad SMARTS) is 1. The van der Waals surface area contributed by atoms with Crippen LogP contribution in [-0.2, 0) is 15.0 Å². The van der Waals surface area contributed by atoms with Crippen molar-refractivity contribution in [3.8, 4) is 16.9 Å². The van der Waals surface area contributed by atoms with Crippen molar-refractivity contribution in [1.29, 1.82) is 0 Å². The van der Waals surface area contributed by atoms with Gasteiger partial charge in [-0.3, -0.25) is 9.59 Å². The fourth-order valence-corrected chi connectivity index (χ4v) is 5.79. The number of ether oxygens (including phenoxy) is 1. The number of aryl methyl sites for hydroxylation is 1. The Morgan fingerprint density at radius 2 is 1.84 bits per heavy atom. The van der Waals surface area contributed by atoms with Gasteiger partial charge in [-0.25, -0.2) is 4.79 Å². The topological polar surface area (TPSA) is 105 Å². The second kappa shape index (κ2) is 6.68. The Labute approximate surface area is 181 Å². The molecule has 156 valence electrons. The van der Waals surface area contributed by atoms with Crippen molar-refractivity contribution in [3.05, 3.63) is 63.3 Å². The summed E-state index contributed by atoms with van der Waals surface area (Å²) in [5.74, 6) is -1.13. The molecular weight excluding hydrogens is 416 g/mol. The number of nitrogens with one attached hydrogen (secondary N) is 2. The summed E-state index contributed by atoms with van der Waals surface area (Å²) in [6, 6.07) is 12.5. The van der Waals surface area contributed by atoms with Crippen molar-refractivity contribution in [2.45, 2.75) is 18.8 Å². The van der Waals surface area contributed by atoms with Gasteiger partial charge in [0, 0.05) is 11.3 Å². The summed E-state index contributed by atoms with van der Waals surface area (Å²) in [7, 11) is 1.55. The zero-order valence-corrected chi connectivity index (χ0v) is 17.6. The van der Waals surface area contributed by atoms with Crippen LogP contribution in [0, 0.1) is 6.92 Å². The number of hydrogen-bond donors (Lipinski definition) is 3. The maximum absolute atomic E-state index is 13.3. The highest BCUT2D eigenvalue weighted by atomic mass is 32.1. The van der Waals surface area contributed by atoms with E-state index in [-0.39, 0.29) is 23.1 Å². The van der Waals surface area contributed by atoms with Crippen LogP contribution in [0.25, 0.3) is 11.1 Å². The highest BCUT2D eigenvalue weighted by Gasteiger charge is 2.55. The van der Waals surface area contributed by atoms with Gasteiger partial charge in [0.05, 0.1) is 24.1 Å². The molecule has 2 aromatic carbocycles. The number of para-hydroxylation sites is 1. The Kier molecular flexibility index (Phi) is 4.16. The number of amides is 2. The molecule has 2 aliphatic heterocycles. The fourth-order valence-electron chi connectivity index (χ4n) is 4.47. The summed E-state index contributed by atoms with van der Waals surface area (Å²) in [5.41, 5.74) is 2.43. The van der Waals surface area contributed by atoms with Crippen LogP contribution in [0.1, 0.15) is 32.1 Å². The number of rotatable bonds is 3. The lowest BCUT2D eigenvalue weighted by Gasteiger charge is -2.31. The van der Waals surface area contributed by atoms with E-state index in [0.29, 0.717) is 38.7 Å². The number of carboxylic acids is 1. The molecule has 5 rings (SSSR count). The van der Waals surface area contributed by atoms with Crippen molar-refractivity contribution >= 4 is 40.5 Å². The number of carbonyl (C=O) groups is 3. The van der Waals surface area contributed by atoms with Crippen LogP contribution in [0.2, 0.25) is 0 Å². The minimum absolute atomic E-state index is 0.0747. The third-order valence-electron chi connectivity index (χ3n) is 5.92. The standard InChI is InChI=1S/C23H18N2O5S/c1-11-4-3-5-14-17(11)25-22(29)23(14)10-15(26)24-18-16(19(21(27)28)31-20(18)23)12-6-8-13(30-2)9-7-12/h3-9H,10H2,1-2H3,(H,24,26)(H,25,29)(H,27,28)/t23-/m0/s1. The molecule has 0 saturated carbocycles. The van der Waals surface area contributed by atoms with Crippen molar-refractivity contribution in [1.82, 2.24) is 0 Å². The van der Waals surface area contributed by atoms with Gasteiger partial charge in [0.25, 0.3) is 0 Å². The molecule has 7 nitrogen and oxygen atoms in total. The van der Waals surface area contributed by atoms with Crippen LogP contribution >= 0.6 is 11.3 Å². The first-order valence-corrected chi connectivity index (χ1v) is 10.4. The SMILES string of the molecule is COc1ccc(-c2c(C(=O)O)sc3c2NC(=O)C[C@@]32C(=O)Nc3c(C)cccc32)cc1. The quantitative estimate of drug-likeness (QED) is 0.578. The Balaban J connectivity index is 1.82. The second-order valence-electron chi connectivity index (χ2n) is 7.63. The van der Waals surface area contributed by atoms with Crippen LogP contribution in [0.5, 0.6) is 5.75 Å². The summed E-state index contributed by atoms with van der Waals surface area (Å²) in [5, 5.41) is 15.7. The number of benzene rings is 2. The summed E-state index contributed by atoms with van der Waals surface area (Å²) < 4.78 is 5.20. The third-order valence-corrected chi connectivity index (χ3v) is 7.26. The molecule has 2 amide bonds. The average molecular weight is 434 g/mol. The molecule has 0 saturated heterocycles. The molecule has 0 radical (unpaired) electrons. The molecule has 3 aromatic rings. The Morgan fingerprint density at radius 3 is 2.52 bits per heavy atom. The van der Waals surface area contributed by atoms with E-state index in [2.05, 4.69) is 10.6 Å². The first-order valence-electron chi connectivity index (χ1n) is 9.63. The summed E-state index contributed by atoms with van der Waals surface area (Å²) in [4.78, 5) is 39.0. The molecule has 1 aromatic heterocycles. The van der Waals surface area contributed by atoms with E-state index in [1.807, 2.05) is 25.1 Å². The lowest BCUT2D eigenvalue weighted by molar-refractivity contribution is -0.125. The normalized spacial score (nSPS) is 18.9. The first kappa shape index (κ1) is 19.3. The molecule has 0 fully saturated rings. The molecule has 31 heavy (non-hydrogen) atoms. The minimum Gasteiger partial charge on any atom is -0.497 e. The predicted octanol–water partition coefficient (Wildman–Crippen LogP) is 4.01. The molecule has 3 N–H and O–H groups in total. The first-order chi connectivity index (χ1) is 14.9. The molecule has 0 aliphatic carbocycles. The van der Waals surface area contributed by atoms with Gasteiger partial charge in [0.15, 0.2) is 0 Å². The van der Waals surface area contributed by atoms with Crippen molar-refractivity contribution < 1.29 is 24.2 Å². The second-order valence-corrected chi connectivity index (χ2v) is 8.65. The molecule has 8 heteroatoms. The molecular formula is C23H18N2O5S. The Hall–Kier alpha value is -3.65. The predicted molar refractivity (Wildman–Crippen MR) is 117 cm³/mol. The number of fused-ring (bicyclic) bond motifs is 4. The van der Waals surface area contributed by atoms with Gasteiger partial charge in [-0.1, -0.05) is 30.3 Å². The highest BCUT2D eigenvalue weighted by Crippen LogP contribution is 2.56. The van der Waals surface area contributed by atoms with Crippen LogP contribution in [0.15, 0.2) is 42.5 Å². The van der Waals surface area contributed by atoms with Gasteiger partial charge in [-0.2, -0.15) is 0 Å². The lowest BCUT2D eigenvalue weighted by Crippen LogP contribution is -2.42. The Bertz CT molecular complexity index is 1280. The van der Waals surface area contributed by atoms with Crippen molar-refractivity contribution in [2.24, 2.45) is 0 Å². The van der Waals surface area contributed by atoms with Gasteiger partial charge in [0.1, 0.15) is 16.0 Å². The smallest absolute Gasteiger partial charge is 0.346 e. The third kappa shape index (κ3) is 2.61. The zero-order chi connectivity index (χ0) is 21.9. The van der Waals surface area contributed by atoms with Gasteiger partial charge in [-0.05, 0) is 35.7 Å². The monoisotopic (exact) mass is 434 g/mol. The van der Waals surface area contributed by atoms with E-state index in [4.69, 9.17) is 4.74 Å². The van der Waals surface area contributed by atoms with Crippen LogP contribution in [0.3, 0.4) is 0 Å². The van der Waals surface area contributed by atoms with Gasteiger partial charge >= 0.3 is 5.97 Å². The lowest BCUT2D eigenvalue weighted by atomic mass is 9.74. The molecule has 0 bridgehead atoms. The van der Waals surface area contributed by atoms with Crippen LogP contribution in [0.4, 0.5) is 11.4 Å². The molecule has 1 spiro atoms. The summed E-state index contributed by atoms with van der Waals surface area (Å²) >= 11 is 1.04. The summed E-state index contributed by atoms with van der Waals surface area (Å²) in [6.07, 6.45) is -0.0795. The van der Waals surface area contributed by atoms with Crippen LogP contribution < -0.4 is 15.4 Å². The van der Waals surface area contributed by atoms with E-state index >= 15 is 0 Å². The van der Waals surface area contributed by atoms with Crippen molar-refractivity contribution in [3.63, 3.8) is 0 Å². The molecule has 3 heterocycles. The van der Waals surface area contributed by atoms with E-state index in [1.165, 1.54) is 0 Å². The Morgan fingerprint density at radius 1 is 1.10 bits per heavy atom. The molecule has 2 aliphatic rings. The number of anilines is 2. The number of carbonyl (C=O) groups excluding carboxylic acids is 2. The summed E-state index contributed by atoms with van der Waals surface area (Å²) in [6.45, 7) is 1.89. The van der Waals surface area contributed by atoms with E-state index in [9.17, 15) is 19.5 Å². The number of aromatic carboxylic acids is 1. The van der Waals surface area contributed by atoms with Crippen LogP contribution in [-0.4, -0.2) is 30.0 Å². The van der Waals surface area contributed by atoms with Gasteiger partial charge in [-0.15, -0.1) is 11.3 Å². The average Bonchev–Trinajstić information content (AvgIpc) is 3.26. The van der Waals surface area contributed by atoms with E-state index < -0.39 is 11.4 Å². The molecule has 0 unspecified atom stereocenters. The number of hydrogen-bond acceptors (Lipinski definition) is 5. The van der Waals surface area contributed by atoms with Crippen molar-refractivity contribution in [2.75, 3.05) is 17.7 Å². The minimum atomic E-state index is -1.25. The van der Waals surface area contributed by atoms with E-state index in [0.717, 1.165) is 16.9 Å². The maximum atomic E-state index is 13.3. The maximum Gasteiger partial charge on any atom is 0.346 e.